The van der Waals surface area contributed by atoms with E-state index in [0.717, 1.165) is 83.2 Å². The summed E-state index contributed by atoms with van der Waals surface area (Å²) in [5.74, 6) is 0.706. The van der Waals surface area contributed by atoms with Gasteiger partial charge in [0.2, 0.25) is 0 Å². The number of hydrogen-bond acceptors (Lipinski definition) is 4. The van der Waals surface area contributed by atoms with Crippen molar-refractivity contribution in [2.24, 2.45) is 0 Å². The van der Waals surface area contributed by atoms with Gasteiger partial charge in [-0.25, -0.2) is 19.9 Å². The van der Waals surface area contributed by atoms with Crippen LogP contribution in [0.4, 0.5) is 0 Å². The smallest absolute Gasteiger partial charge is 0.160 e. The van der Waals surface area contributed by atoms with Gasteiger partial charge in [0.1, 0.15) is 0 Å². The third-order valence-corrected chi connectivity index (χ3v) is 10.1. The van der Waals surface area contributed by atoms with Crippen LogP contribution in [0.25, 0.3) is 100 Å². The minimum absolute atomic E-state index is 0.706. The highest BCUT2D eigenvalue weighted by Gasteiger charge is 2.16. The summed E-state index contributed by atoms with van der Waals surface area (Å²) in [6, 6.07) is 67.4. The molecule has 3 aromatic heterocycles. The molecular formula is C50H32N4. The fraction of sp³-hybridized carbons (Fsp3) is 0. The van der Waals surface area contributed by atoms with Crippen LogP contribution in [0.5, 0.6) is 0 Å². The Kier molecular flexibility index (Phi) is 7.77. The van der Waals surface area contributed by atoms with Crippen molar-refractivity contribution in [1.29, 1.82) is 0 Å². The Labute approximate surface area is 313 Å². The summed E-state index contributed by atoms with van der Waals surface area (Å²) in [4.78, 5) is 20.8. The van der Waals surface area contributed by atoms with Crippen LogP contribution in [0.3, 0.4) is 0 Å². The lowest BCUT2D eigenvalue weighted by Gasteiger charge is -2.14. The minimum Gasteiger partial charge on any atom is -0.245 e. The largest absolute Gasteiger partial charge is 0.245 e. The normalized spacial score (nSPS) is 11.3. The molecule has 0 aliphatic carbocycles. The van der Waals surface area contributed by atoms with Gasteiger partial charge < -0.3 is 0 Å². The van der Waals surface area contributed by atoms with Gasteiger partial charge in [0.15, 0.2) is 5.82 Å². The Morgan fingerprint density at radius 3 is 1.50 bits per heavy atom. The lowest BCUT2D eigenvalue weighted by molar-refractivity contribution is 1.23. The summed E-state index contributed by atoms with van der Waals surface area (Å²) in [5, 5.41) is 3.07. The highest BCUT2D eigenvalue weighted by molar-refractivity contribution is 6.05. The highest BCUT2D eigenvalue weighted by Crippen LogP contribution is 2.37. The average molecular weight is 689 g/mol. The number of hydrogen-bond donors (Lipinski definition) is 0. The van der Waals surface area contributed by atoms with Crippen LogP contribution in [0.15, 0.2) is 194 Å². The summed E-state index contributed by atoms with van der Waals surface area (Å²) in [6.45, 7) is 0. The van der Waals surface area contributed by atoms with Crippen molar-refractivity contribution in [3.8, 4) is 67.4 Å². The van der Waals surface area contributed by atoms with Crippen LogP contribution in [0.1, 0.15) is 0 Å². The van der Waals surface area contributed by atoms with Crippen LogP contribution in [-0.2, 0) is 0 Å². The molecule has 54 heavy (non-hydrogen) atoms. The summed E-state index contributed by atoms with van der Waals surface area (Å²) in [5.41, 5.74) is 14.0. The van der Waals surface area contributed by atoms with Gasteiger partial charge in [-0.3, -0.25) is 0 Å². The molecule has 0 saturated carbocycles. The van der Waals surface area contributed by atoms with Gasteiger partial charge in [-0.2, -0.15) is 0 Å². The molecule has 0 N–H and O–H groups in total. The van der Waals surface area contributed by atoms with Crippen LogP contribution >= 0.6 is 0 Å². The van der Waals surface area contributed by atoms with Crippen molar-refractivity contribution < 1.29 is 0 Å². The zero-order chi connectivity index (χ0) is 35.8. The second-order valence-corrected chi connectivity index (χ2v) is 13.5. The maximum Gasteiger partial charge on any atom is 0.160 e. The SMILES string of the molecule is c1ccc(-c2ccc(-c3ccc4ccc5ccc(-c6ccc7nc(-c8ccccc8)nc(-c8ccccc8)c7c6)nc5c4n3)c(-c3ccccc3)c2)cc1. The first-order chi connectivity index (χ1) is 26.7. The van der Waals surface area contributed by atoms with E-state index in [-0.39, 0.29) is 0 Å². The monoisotopic (exact) mass is 688 g/mol. The van der Waals surface area contributed by atoms with Crippen molar-refractivity contribution in [2.75, 3.05) is 0 Å². The molecule has 0 unspecified atom stereocenters. The minimum atomic E-state index is 0.706. The van der Waals surface area contributed by atoms with Gasteiger partial charge in [-0.1, -0.05) is 164 Å². The molecule has 4 heteroatoms. The maximum absolute atomic E-state index is 5.36. The first-order valence-corrected chi connectivity index (χ1v) is 18.1. The number of aromatic nitrogens is 4. The zero-order valence-electron chi connectivity index (χ0n) is 29.3. The van der Waals surface area contributed by atoms with Crippen LogP contribution in [-0.4, -0.2) is 19.9 Å². The summed E-state index contributed by atoms with van der Waals surface area (Å²) >= 11 is 0. The van der Waals surface area contributed by atoms with E-state index in [4.69, 9.17) is 19.9 Å². The van der Waals surface area contributed by atoms with E-state index >= 15 is 0 Å². The van der Waals surface area contributed by atoms with Crippen molar-refractivity contribution >= 4 is 32.7 Å². The van der Waals surface area contributed by atoms with Gasteiger partial charge in [0, 0.05) is 38.4 Å². The molecule has 0 atom stereocenters. The van der Waals surface area contributed by atoms with Gasteiger partial charge in [0.25, 0.3) is 0 Å². The molecule has 10 aromatic rings. The Morgan fingerprint density at radius 1 is 0.296 bits per heavy atom. The van der Waals surface area contributed by atoms with E-state index in [1.54, 1.807) is 0 Å². The van der Waals surface area contributed by atoms with Crippen molar-refractivity contribution in [3.05, 3.63) is 194 Å². The van der Waals surface area contributed by atoms with E-state index in [1.807, 2.05) is 36.4 Å². The second-order valence-electron chi connectivity index (χ2n) is 13.5. The number of nitrogens with zero attached hydrogens (tertiary/aromatic N) is 4. The Balaban J connectivity index is 1.12. The summed E-state index contributed by atoms with van der Waals surface area (Å²) in [7, 11) is 0. The molecule has 0 amide bonds. The third-order valence-electron chi connectivity index (χ3n) is 10.1. The number of rotatable bonds is 6. The maximum atomic E-state index is 5.36. The summed E-state index contributed by atoms with van der Waals surface area (Å²) in [6.07, 6.45) is 0. The molecule has 10 rings (SSSR count). The van der Waals surface area contributed by atoms with E-state index < -0.39 is 0 Å². The van der Waals surface area contributed by atoms with E-state index in [0.29, 0.717) is 5.82 Å². The fourth-order valence-electron chi connectivity index (χ4n) is 7.33. The van der Waals surface area contributed by atoms with Crippen molar-refractivity contribution in [2.45, 2.75) is 0 Å². The predicted molar refractivity (Wildman–Crippen MR) is 223 cm³/mol. The van der Waals surface area contributed by atoms with Crippen LogP contribution < -0.4 is 0 Å². The van der Waals surface area contributed by atoms with E-state index in [2.05, 4.69) is 158 Å². The molecule has 4 nitrogen and oxygen atoms in total. The second kappa shape index (κ2) is 13.4. The highest BCUT2D eigenvalue weighted by atomic mass is 14.9. The molecule has 0 fully saturated rings. The standard InChI is InChI=1S/C50H32N4/c1-5-13-33(14-6-1)39-23-27-41(42(31-39)34-15-7-2-8-16-34)45-29-25-37-22-21-36-24-28-44(51-48(36)49(37)52-45)40-26-30-46-43(32-40)47(35-17-9-3-10-18-35)54-50(53-46)38-19-11-4-12-20-38/h1-32H. The molecule has 0 saturated heterocycles. The lowest BCUT2D eigenvalue weighted by Crippen LogP contribution is -1.96. The van der Waals surface area contributed by atoms with Gasteiger partial charge in [-0.05, 0) is 52.6 Å². The van der Waals surface area contributed by atoms with Gasteiger partial charge in [0.05, 0.1) is 33.6 Å². The number of benzene rings is 7. The van der Waals surface area contributed by atoms with E-state index in [9.17, 15) is 0 Å². The Morgan fingerprint density at radius 2 is 0.833 bits per heavy atom. The molecule has 7 aromatic carbocycles. The zero-order valence-corrected chi connectivity index (χ0v) is 29.3. The predicted octanol–water partition coefficient (Wildman–Crippen LogP) is 12.7. The van der Waals surface area contributed by atoms with Crippen molar-refractivity contribution in [3.63, 3.8) is 0 Å². The van der Waals surface area contributed by atoms with Crippen LogP contribution in [0.2, 0.25) is 0 Å². The Hall–Kier alpha value is -7.30. The molecule has 3 heterocycles. The first-order valence-electron chi connectivity index (χ1n) is 18.1. The number of fused-ring (bicyclic) bond motifs is 4. The fourth-order valence-corrected chi connectivity index (χ4v) is 7.33. The molecule has 0 radical (unpaired) electrons. The first kappa shape index (κ1) is 31.4. The van der Waals surface area contributed by atoms with Gasteiger partial charge in [-0.15, -0.1) is 0 Å². The lowest BCUT2D eigenvalue weighted by atomic mass is 9.92. The quantitative estimate of drug-likeness (QED) is 0.163. The molecule has 0 spiro atoms. The number of pyridine rings is 2. The van der Waals surface area contributed by atoms with Crippen molar-refractivity contribution in [1.82, 2.24) is 19.9 Å². The molecule has 0 bridgehead atoms. The van der Waals surface area contributed by atoms with Crippen LogP contribution in [0, 0.1) is 0 Å². The third kappa shape index (κ3) is 5.76. The van der Waals surface area contributed by atoms with Gasteiger partial charge >= 0.3 is 0 Å². The Bertz CT molecular complexity index is 2960. The summed E-state index contributed by atoms with van der Waals surface area (Å²) < 4.78 is 0. The molecule has 252 valence electrons. The molecule has 0 aliphatic heterocycles. The van der Waals surface area contributed by atoms with E-state index in [1.165, 1.54) is 11.1 Å². The average Bonchev–Trinajstić information content (AvgIpc) is 3.26. The topological polar surface area (TPSA) is 51.6 Å². The molecule has 0 aliphatic rings. The molecular weight excluding hydrogens is 657 g/mol.